The number of nitrogens with zero attached hydrogens (tertiary/aromatic N) is 2. The van der Waals surface area contributed by atoms with Gasteiger partial charge in [0.1, 0.15) is 0 Å². The standard InChI is InChI=1S/C12H12BrClN2OS/c1-3-7-12(13)8(16(2)15-7)6-9(17)10-4-5-11(14)18-10/h4-5H,3,6H2,1-2H3. The zero-order chi connectivity index (χ0) is 13.3. The summed E-state index contributed by atoms with van der Waals surface area (Å²) in [5.41, 5.74) is 1.88. The molecule has 2 heterocycles. The van der Waals surface area contributed by atoms with Crippen LogP contribution in [-0.2, 0) is 19.9 Å². The molecule has 0 amide bonds. The summed E-state index contributed by atoms with van der Waals surface area (Å²) in [5, 5.41) is 4.38. The Morgan fingerprint density at radius 2 is 2.28 bits per heavy atom. The molecule has 0 radical (unpaired) electrons. The summed E-state index contributed by atoms with van der Waals surface area (Å²) in [6.07, 6.45) is 1.17. The monoisotopic (exact) mass is 346 g/mol. The van der Waals surface area contributed by atoms with Gasteiger partial charge in [0.2, 0.25) is 0 Å². The zero-order valence-electron chi connectivity index (χ0n) is 10.0. The number of ketones is 1. The largest absolute Gasteiger partial charge is 0.293 e. The molecule has 2 rings (SSSR count). The van der Waals surface area contributed by atoms with Crippen molar-refractivity contribution < 1.29 is 4.79 Å². The number of Topliss-reactive ketones (excluding diaryl/α,β-unsaturated/α-hetero) is 1. The van der Waals surface area contributed by atoms with Gasteiger partial charge >= 0.3 is 0 Å². The van der Waals surface area contributed by atoms with Gasteiger partial charge in [-0.05, 0) is 34.5 Å². The van der Waals surface area contributed by atoms with Crippen molar-refractivity contribution in [1.29, 1.82) is 0 Å². The SMILES string of the molecule is CCc1nn(C)c(CC(=O)c2ccc(Cl)s2)c1Br. The van der Waals surface area contributed by atoms with E-state index in [2.05, 4.69) is 21.0 Å². The van der Waals surface area contributed by atoms with Gasteiger partial charge in [0.15, 0.2) is 5.78 Å². The normalized spacial score (nSPS) is 10.9. The van der Waals surface area contributed by atoms with Crippen LogP contribution >= 0.6 is 38.9 Å². The van der Waals surface area contributed by atoms with Crippen molar-refractivity contribution in [2.75, 3.05) is 0 Å². The van der Waals surface area contributed by atoms with Crippen LogP contribution in [0, 0.1) is 0 Å². The Kier molecular flexibility index (Phi) is 4.25. The lowest BCUT2D eigenvalue weighted by atomic mass is 10.2. The minimum Gasteiger partial charge on any atom is -0.293 e. The molecule has 0 bridgehead atoms. The highest BCUT2D eigenvalue weighted by Gasteiger charge is 2.17. The first-order valence-electron chi connectivity index (χ1n) is 5.51. The first kappa shape index (κ1) is 13.8. The van der Waals surface area contributed by atoms with E-state index in [1.807, 2.05) is 14.0 Å². The van der Waals surface area contributed by atoms with Crippen molar-refractivity contribution in [3.05, 3.63) is 37.2 Å². The summed E-state index contributed by atoms with van der Waals surface area (Å²) in [5.74, 6) is 0.0678. The number of hydrogen-bond acceptors (Lipinski definition) is 3. The second kappa shape index (κ2) is 5.55. The predicted molar refractivity (Wildman–Crippen MR) is 77.6 cm³/mol. The maximum Gasteiger partial charge on any atom is 0.178 e. The predicted octanol–water partition coefficient (Wildman–Crippen LogP) is 3.89. The third-order valence-electron chi connectivity index (χ3n) is 2.68. The number of carbonyl (C=O) groups is 1. The van der Waals surface area contributed by atoms with Gasteiger partial charge in [0, 0.05) is 7.05 Å². The van der Waals surface area contributed by atoms with Crippen LogP contribution in [0.5, 0.6) is 0 Å². The quantitative estimate of drug-likeness (QED) is 0.787. The molecule has 0 aliphatic carbocycles. The molecule has 0 unspecified atom stereocenters. The van der Waals surface area contributed by atoms with Crippen LogP contribution in [-0.4, -0.2) is 15.6 Å². The second-order valence-corrected chi connectivity index (χ2v) is 6.40. The Hall–Kier alpha value is -0.650. The highest BCUT2D eigenvalue weighted by Crippen LogP contribution is 2.26. The maximum atomic E-state index is 12.1. The van der Waals surface area contributed by atoms with Crippen LogP contribution in [0.25, 0.3) is 0 Å². The molecule has 2 aromatic heterocycles. The van der Waals surface area contributed by atoms with Crippen molar-refractivity contribution in [3.63, 3.8) is 0 Å². The van der Waals surface area contributed by atoms with E-state index < -0.39 is 0 Å². The molecular formula is C12H12BrClN2OS. The van der Waals surface area contributed by atoms with Crippen LogP contribution in [0.15, 0.2) is 16.6 Å². The molecule has 0 saturated heterocycles. The summed E-state index contributed by atoms with van der Waals surface area (Å²) < 4.78 is 3.33. The van der Waals surface area contributed by atoms with E-state index in [9.17, 15) is 4.79 Å². The molecular weight excluding hydrogens is 336 g/mol. The van der Waals surface area contributed by atoms with Crippen molar-refractivity contribution >= 4 is 44.7 Å². The third kappa shape index (κ3) is 2.68. The van der Waals surface area contributed by atoms with Crippen LogP contribution in [0.3, 0.4) is 0 Å². The van der Waals surface area contributed by atoms with E-state index >= 15 is 0 Å². The van der Waals surface area contributed by atoms with Gasteiger partial charge < -0.3 is 0 Å². The number of thiophene rings is 1. The van der Waals surface area contributed by atoms with Gasteiger partial charge in [-0.25, -0.2) is 0 Å². The first-order chi connectivity index (χ1) is 8.52. The molecule has 0 aliphatic rings. The molecule has 2 aromatic rings. The van der Waals surface area contributed by atoms with Gasteiger partial charge in [-0.2, -0.15) is 5.10 Å². The fraction of sp³-hybridized carbons (Fsp3) is 0.333. The number of aromatic nitrogens is 2. The molecule has 3 nitrogen and oxygen atoms in total. The summed E-state index contributed by atoms with van der Waals surface area (Å²) in [7, 11) is 1.86. The minimum absolute atomic E-state index is 0.0678. The molecule has 0 spiro atoms. The smallest absolute Gasteiger partial charge is 0.178 e. The van der Waals surface area contributed by atoms with Crippen LogP contribution in [0.1, 0.15) is 28.0 Å². The van der Waals surface area contributed by atoms with E-state index in [4.69, 9.17) is 11.6 Å². The summed E-state index contributed by atoms with van der Waals surface area (Å²) >= 11 is 10.7. The van der Waals surface area contributed by atoms with Gasteiger partial charge in [-0.1, -0.05) is 18.5 Å². The van der Waals surface area contributed by atoms with Gasteiger partial charge in [0.25, 0.3) is 0 Å². The van der Waals surface area contributed by atoms with Gasteiger partial charge in [-0.3, -0.25) is 9.48 Å². The molecule has 0 N–H and O–H groups in total. The number of rotatable bonds is 4. The van der Waals surface area contributed by atoms with E-state index in [-0.39, 0.29) is 5.78 Å². The molecule has 0 fully saturated rings. The molecule has 0 atom stereocenters. The second-order valence-electron chi connectivity index (χ2n) is 3.89. The molecule has 6 heteroatoms. The van der Waals surface area contributed by atoms with E-state index in [0.717, 1.165) is 22.3 Å². The minimum atomic E-state index is 0.0678. The molecule has 0 aromatic carbocycles. The average molecular weight is 348 g/mol. The topological polar surface area (TPSA) is 34.9 Å². The van der Waals surface area contributed by atoms with Gasteiger partial charge in [0.05, 0.1) is 31.5 Å². The Labute approximate surface area is 123 Å². The third-order valence-corrected chi connectivity index (χ3v) is 4.87. The molecule has 18 heavy (non-hydrogen) atoms. The lowest BCUT2D eigenvalue weighted by Gasteiger charge is -2.00. The summed E-state index contributed by atoms with van der Waals surface area (Å²) in [6.45, 7) is 2.04. The van der Waals surface area contributed by atoms with Crippen molar-refractivity contribution in [3.8, 4) is 0 Å². The van der Waals surface area contributed by atoms with Crippen molar-refractivity contribution in [1.82, 2.24) is 9.78 Å². The fourth-order valence-corrected chi connectivity index (χ4v) is 3.45. The summed E-state index contributed by atoms with van der Waals surface area (Å²) in [4.78, 5) is 12.8. The number of carbonyl (C=O) groups excluding carboxylic acids is 1. The van der Waals surface area contributed by atoms with E-state index in [1.165, 1.54) is 11.3 Å². The fourth-order valence-electron chi connectivity index (χ4n) is 1.72. The summed E-state index contributed by atoms with van der Waals surface area (Å²) in [6, 6.07) is 3.51. The molecule has 96 valence electrons. The average Bonchev–Trinajstić information content (AvgIpc) is 2.87. The Morgan fingerprint density at radius 3 is 2.78 bits per heavy atom. The zero-order valence-corrected chi connectivity index (χ0v) is 13.2. The van der Waals surface area contributed by atoms with Crippen molar-refractivity contribution in [2.45, 2.75) is 19.8 Å². The Bertz CT molecular complexity index is 591. The van der Waals surface area contributed by atoms with E-state index in [1.54, 1.807) is 16.8 Å². The number of aryl methyl sites for hydroxylation is 2. The van der Waals surface area contributed by atoms with Crippen LogP contribution < -0.4 is 0 Å². The van der Waals surface area contributed by atoms with Crippen LogP contribution in [0.2, 0.25) is 4.34 Å². The molecule has 0 aliphatic heterocycles. The number of halogens is 2. The highest BCUT2D eigenvalue weighted by atomic mass is 79.9. The highest BCUT2D eigenvalue weighted by molar-refractivity contribution is 9.10. The first-order valence-corrected chi connectivity index (χ1v) is 7.50. The van der Waals surface area contributed by atoms with Crippen molar-refractivity contribution in [2.24, 2.45) is 7.05 Å². The van der Waals surface area contributed by atoms with Gasteiger partial charge in [-0.15, -0.1) is 11.3 Å². The lowest BCUT2D eigenvalue weighted by Crippen LogP contribution is -2.07. The lowest BCUT2D eigenvalue weighted by molar-refractivity contribution is 0.0994. The Morgan fingerprint density at radius 1 is 1.56 bits per heavy atom. The van der Waals surface area contributed by atoms with Crippen LogP contribution in [0.4, 0.5) is 0 Å². The maximum absolute atomic E-state index is 12.1. The molecule has 0 saturated carbocycles. The Balaban J connectivity index is 2.24. The van der Waals surface area contributed by atoms with E-state index in [0.29, 0.717) is 15.6 Å². The number of hydrogen-bond donors (Lipinski definition) is 0.